The molecule has 0 heterocycles. The molecule has 1 saturated carbocycles. The molecule has 1 fully saturated rings. The van der Waals surface area contributed by atoms with Crippen molar-refractivity contribution in [1.29, 1.82) is 0 Å². The minimum Gasteiger partial charge on any atom is -0.310 e. The maximum atomic E-state index is 13.4. The molecule has 0 saturated heterocycles. The Bertz CT molecular complexity index is 379. The Morgan fingerprint density at radius 1 is 1.16 bits per heavy atom. The third-order valence-electron chi connectivity index (χ3n) is 3.97. The summed E-state index contributed by atoms with van der Waals surface area (Å²) in [5, 5.41) is 3.43. The molecule has 1 aromatic carbocycles. The lowest BCUT2D eigenvalue weighted by Crippen LogP contribution is -2.24. The third kappa shape index (κ3) is 4.27. The van der Waals surface area contributed by atoms with Crippen LogP contribution in [0.1, 0.15) is 57.1 Å². The van der Waals surface area contributed by atoms with E-state index in [2.05, 4.69) is 12.2 Å². The Kier molecular flexibility index (Phi) is 5.32. The average molecular weight is 267 g/mol. The fraction of sp³-hybridized carbons (Fsp3) is 0.625. The first-order valence-electron chi connectivity index (χ1n) is 7.38. The highest BCUT2D eigenvalue weighted by Gasteiger charge is 2.21. The first-order chi connectivity index (χ1) is 9.19. The van der Waals surface area contributed by atoms with Crippen molar-refractivity contribution in [3.63, 3.8) is 0 Å². The minimum atomic E-state index is -0.482. The topological polar surface area (TPSA) is 12.0 Å². The number of benzene rings is 1. The molecule has 0 aromatic heterocycles. The Hall–Kier alpha value is -0.960. The molecule has 0 aliphatic heterocycles. The van der Waals surface area contributed by atoms with Gasteiger partial charge in [0.15, 0.2) is 0 Å². The fourth-order valence-corrected chi connectivity index (χ4v) is 3.01. The molecule has 2 rings (SSSR count). The zero-order chi connectivity index (χ0) is 13.7. The van der Waals surface area contributed by atoms with E-state index >= 15 is 0 Å². The zero-order valence-corrected chi connectivity index (χ0v) is 11.6. The van der Waals surface area contributed by atoms with Gasteiger partial charge in [-0.25, -0.2) is 8.78 Å². The summed E-state index contributed by atoms with van der Waals surface area (Å²) in [5.41, 5.74) is 0.748. The van der Waals surface area contributed by atoms with Gasteiger partial charge in [0.25, 0.3) is 0 Å². The maximum Gasteiger partial charge on any atom is 0.126 e. The summed E-state index contributed by atoms with van der Waals surface area (Å²) < 4.78 is 26.7. The van der Waals surface area contributed by atoms with Crippen molar-refractivity contribution in [1.82, 2.24) is 5.32 Å². The van der Waals surface area contributed by atoms with E-state index in [-0.39, 0.29) is 6.04 Å². The zero-order valence-electron chi connectivity index (χ0n) is 11.6. The molecule has 1 nitrogen and oxygen atoms in total. The highest BCUT2D eigenvalue weighted by molar-refractivity contribution is 5.21. The van der Waals surface area contributed by atoms with Crippen LogP contribution in [0.15, 0.2) is 18.2 Å². The number of halogens is 2. The molecule has 1 unspecified atom stereocenters. The van der Waals surface area contributed by atoms with Crippen LogP contribution in [-0.2, 0) is 0 Å². The molecule has 1 aliphatic carbocycles. The summed E-state index contributed by atoms with van der Waals surface area (Å²) in [5.74, 6) is -0.268. The van der Waals surface area contributed by atoms with Crippen molar-refractivity contribution >= 4 is 0 Å². The van der Waals surface area contributed by atoms with E-state index in [1.54, 1.807) is 0 Å². The van der Waals surface area contributed by atoms with Gasteiger partial charge in [-0.15, -0.1) is 0 Å². The van der Waals surface area contributed by atoms with Crippen molar-refractivity contribution in [3.05, 3.63) is 35.4 Å². The van der Waals surface area contributed by atoms with E-state index in [1.165, 1.54) is 37.8 Å². The van der Waals surface area contributed by atoms with Crippen LogP contribution in [0.5, 0.6) is 0 Å². The van der Waals surface area contributed by atoms with E-state index in [1.807, 2.05) is 0 Å². The second-order valence-corrected chi connectivity index (χ2v) is 5.60. The van der Waals surface area contributed by atoms with E-state index < -0.39 is 11.6 Å². The van der Waals surface area contributed by atoms with Gasteiger partial charge in [-0.3, -0.25) is 0 Å². The van der Waals surface area contributed by atoms with Crippen molar-refractivity contribution < 1.29 is 8.78 Å². The largest absolute Gasteiger partial charge is 0.310 e. The summed E-state index contributed by atoms with van der Waals surface area (Å²) in [7, 11) is 0. The van der Waals surface area contributed by atoms with Crippen molar-refractivity contribution in [3.8, 4) is 0 Å². The van der Waals surface area contributed by atoms with Gasteiger partial charge in [0.1, 0.15) is 11.6 Å². The van der Waals surface area contributed by atoms with Crippen LogP contribution in [-0.4, -0.2) is 6.54 Å². The summed E-state index contributed by atoms with van der Waals surface area (Å²) >= 11 is 0. The molecular formula is C16H23F2N. The third-order valence-corrected chi connectivity index (χ3v) is 3.97. The van der Waals surface area contributed by atoms with E-state index in [4.69, 9.17) is 0 Å². The van der Waals surface area contributed by atoms with E-state index in [0.717, 1.165) is 31.0 Å². The standard InChI is InChI=1S/C16H23F2N/c1-2-7-19-16(8-12-5-3-4-6-12)13-9-14(17)11-15(18)10-13/h9-12,16,19H,2-8H2,1H3. The second kappa shape index (κ2) is 6.99. The smallest absolute Gasteiger partial charge is 0.126 e. The average Bonchev–Trinajstić information content (AvgIpc) is 2.86. The molecule has 0 amide bonds. The van der Waals surface area contributed by atoms with Crippen LogP contribution in [0.3, 0.4) is 0 Å². The molecule has 3 heteroatoms. The molecule has 0 radical (unpaired) electrons. The number of rotatable bonds is 6. The highest BCUT2D eigenvalue weighted by atomic mass is 19.1. The molecule has 1 aromatic rings. The van der Waals surface area contributed by atoms with Gasteiger partial charge in [0.2, 0.25) is 0 Å². The summed E-state index contributed by atoms with van der Waals surface area (Å²) in [6.45, 7) is 2.99. The van der Waals surface area contributed by atoms with Gasteiger partial charge in [0.05, 0.1) is 0 Å². The Balaban J connectivity index is 2.10. The summed E-state index contributed by atoms with van der Waals surface area (Å²) in [4.78, 5) is 0. The number of hydrogen-bond donors (Lipinski definition) is 1. The molecule has 1 aliphatic rings. The fourth-order valence-electron chi connectivity index (χ4n) is 3.01. The first-order valence-corrected chi connectivity index (χ1v) is 7.38. The molecule has 0 spiro atoms. The second-order valence-electron chi connectivity index (χ2n) is 5.60. The summed E-state index contributed by atoms with van der Waals surface area (Å²) in [6, 6.07) is 3.94. The lowest BCUT2D eigenvalue weighted by molar-refractivity contribution is 0.392. The quantitative estimate of drug-likeness (QED) is 0.795. The van der Waals surface area contributed by atoms with Crippen LogP contribution in [0, 0.1) is 17.6 Å². The number of nitrogens with one attached hydrogen (secondary N) is 1. The van der Waals surface area contributed by atoms with Crippen molar-refractivity contribution in [2.45, 2.75) is 51.5 Å². The van der Waals surface area contributed by atoms with Crippen LogP contribution >= 0.6 is 0 Å². The summed E-state index contributed by atoms with van der Waals surface area (Å²) in [6.07, 6.45) is 7.11. The minimum absolute atomic E-state index is 0.0771. The van der Waals surface area contributed by atoms with Gasteiger partial charge in [-0.1, -0.05) is 32.6 Å². The van der Waals surface area contributed by atoms with Gasteiger partial charge >= 0.3 is 0 Å². The SMILES string of the molecule is CCCNC(CC1CCCC1)c1cc(F)cc(F)c1. The van der Waals surface area contributed by atoms with Crippen LogP contribution in [0.2, 0.25) is 0 Å². The lowest BCUT2D eigenvalue weighted by Gasteiger charge is -2.22. The molecule has 1 atom stereocenters. The molecule has 106 valence electrons. The Morgan fingerprint density at radius 3 is 2.37 bits per heavy atom. The highest BCUT2D eigenvalue weighted by Crippen LogP contribution is 2.33. The normalized spacial score (nSPS) is 17.8. The van der Waals surface area contributed by atoms with Gasteiger partial charge in [0, 0.05) is 12.1 Å². The Labute approximate surface area is 114 Å². The van der Waals surface area contributed by atoms with Crippen molar-refractivity contribution in [2.24, 2.45) is 5.92 Å². The van der Waals surface area contributed by atoms with E-state index in [9.17, 15) is 8.78 Å². The predicted octanol–water partition coefficient (Wildman–Crippen LogP) is 4.59. The predicted molar refractivity (Wildman–Crippen MR) is 74.0 cm³/mol. The van der Waals surface area contributed by atoms with Crippen LogP contribution in [0.25, 0.3) is 0 Å². The molecular weight excluding hydrogens is 244 g/mol. The van der Waals surface area contributed by atoms with Gasteiger partial charge < -0.3 is 5.32 Å². The van der Waals surface area contributed by atoms with Gasteiger partial charge in [-0.05, 0) is 43.0 Å². The maximum absolute atomic E-state index is 13.4. The lowest BCUT2D eigenvalue weighted by atomic mass is 9.93. The molecule has 0 bridgehead atoms. The monoisotopic (exact) mass is 267 g/mol. The van der Waals surface area contributed by atoms with E-state index in [0.29, 0.717) is 5.92 Å². The van der Waals surface area contributed by atoms with Gasteiger partial charge in [-0.2, -0.15) is 0 Å². The Morgan fingerprint density at radius 2 is 1.79 bits per heavy atom. The number of hydrogen-bond acceptors (Lipinski definition) is 1. The first kappa shape index (κ1) is 14.4. The molecule has 19 heavy (non-hydrogen) atoms. The molecule has 1 N–H and O–H groups in total. The van der Waals surface area contributed by atoms with Crippen molar-refractivity contribution in [2.75, 3.05) is 6.54 Å². The van der Waals surface area contributed by atoms with Crippen LogP contribution < -0.4 is 5.32 Å². The van der Waals surface area contributed by atoms with Crippen LogP contribution in [0.4, 0.5) is 8.78 Å².